The molecule has 6 nitrogen and oxygen atoms in total. The second-order valence-corrected chi connectivity index (χ2v) is 4.45. The molecule has 0 aromatic rings. The van der Waals surface area contributed by atoms with Gasteiger partial charge in [0.05, 0.1) is 11.8 Å². The Balaban J connectivity index is 0.00000144. The van der Waals surface area contributed by atoms with E-state index in [1.54, 1.807) is 0 Å². The van der Waals surface area contributed by atoms with Crippen LogP contribution in [0.1, 0.15) is 6.42 Å². The molecule has 86 valence electrons. The molecule has 17 heavy (non-hydrogen) atoms. The van der Waals surface area contributed by atoms with Crippen LogP contribution in [0.5, 0.6) is 0 Å². The first-order valence-corrected chi connectivity index (χ1v) is 5.26. The zero-order chi connectivity index (χ0) is 11.9. The van der Waals surface area contributed by atoms with Gasteiger partial charge in [-0.15, -0.1) is 0 Å². The number of carboxylic acid groups (broad SMARTS) is 2. The second kappa shape index (κ2) is 5.26. The number of rotatable bonds is 3. The van der Waals surface area contributed by atoms with E-state index < -0.39 is 11.9 Å². The van der Waals surface area contributed by atoms with Gasteiger partial charge in [-0.05, 0) is 6.08 Å². The van der Waals surface area contributed by atoms with Gasteiger partial charge in [0.15, 0.2) is 0 Å². The number of allylic oxidation sites excluding steroid dienone is 1. The predicted molar refractivity (Wildman–Crippen MR) is 61.4 cm³/mol. The molecular formula is C9H8NNaO5S. The number of aliphatic carboxylic acids is 2. The van der Waals surface area contributed by atoms with Gasteiger partial charge in [-0.25, -0.2) is 9.59 Å². The fourth-order valence-electron chi connectivity index (χ4n) is 1.54. The van der Waals surface area contributed by atoms with Crippen molar-refractivity contribution in [1.29, 1.82) is 0 Å². The molecule has 1 atom stereocenters. The Labute approximate surface area is 123 Å². The van der Waals surface area contributed by atoms with Gasteiger partial charge in [-0.3, -0.25) is 9.69 Å². The van der Waals surface area contributed by atoms with Crippen LogP contribution in [0.3, 0.4) is 0 Å². The van der Waals surface area contributed by atoms with Crippen molar-refractivity contribution in [1.82, 2.24) is 4.90 Å². The molecule has 1 saturated heterocycles. The third-order valence-electron chi connectivity index (χ3n) is 2.22. The molecule has 0 aromatic carbocycles. The second-order valence-electron chi connectivity index (χ2n) is 3.23. The van der Waals surface area contributed by atoms with Crippen LogP contribution in [0.25, 0.3) is 0 Å². The summed E-state index contributed by atoms with van der Waals surface area (Å²) in [6, 6.07) is 0. The first-order chi connectivity index (χ1) is 7.50. The van der Waals surface area contributed by atoms with Crippen molar-refractivity contribution in [2.45, 2.75) is 11.8 Å². The summed E-state index contributed by atoms with van der Waals surface area (Å²) < 4.78 is 0. The number of carbonyl (C=O) groups is 3. The van der Waals surface area contributed by atoms with Gasteiger partial charge in [0.25, 0.3) is 0 Å². The summed E-state index contributed by atoms with van der Waals surface area (Å²) in [6.45, 7) is 0. The van der Waals surface area contributed by atoms with Crippen molar-refractivity contribution in [2.75, 3.05) is 0 Å². The van der Waals surface area contributed by atoms with E-state index in [1.807, 2.05) is 0 Å². The van der Waals surface area contributed by atoms with E-state index >= 15 is 0 Å². The molecule has 2 N–H and O–H groups in total. The van der Waals surface area contributed by atoms with Gasteiger partial charge in [-0.1, -0.05) is 11.8 Å². The zero-order valence-corrected chi connectivity index (χ0v) is 8.73. The summed E-state index contributed by atoms with van der Waals surface area (Å²) in [5.74, 6) is -2.61. The van der Waals surface area contributed by atoms with Crippen molar-refractivity contribution in [3.63, 3.8) is 0 Å². The van der Waals surface area contributed by atoms with Crippen molar-refractivity contribution < 1.29 is 24.6 Å². The van der Waals surface area contributed by atoms with E-state index in [4.69, 9.17) is 10.2 Å². The number of carbonyl (C=O) groups excluding carboxylic acids is 1. The van der Waals surface area contributed by atoms with E-state index in [1.165, 1.54) is 22.7 Å². The summed E-state index contributed by atoms with van der Waals surface area (Å²) in [4.78, 5) is 34.0. The molecule has 2 heterocycles. The van der Waals surface area contributed by atoms with E-state index in [0.717, 1.165) is 6.08 Å². The molecule has 2 aliphatic heterocycles. The minimum absolute atomic E-state index is 0. The van der Waals surface area contributed by atoms with Crippen LogP contribution in [0.2, 0.25) is 0 Å². The molecule has 0 aromatic heterocycles. The average Bonchev–Trinajstić information content (AvgIpc) is 2.47. The first-order valence-electron chi connectivity index (χ1n) is 4.38. The molecule has 8 heteroatoms. The van der Waals surface area contributed by atoms with E-state index in [2.05, 4.69) is 0 Å². The van der Waals surface area contributed by atoms with Crippen molar-refractivity contribution >= 4 is 59.2 Å². The van der Waals surface area contributed by atoms with Gasteiger partial charge in [0.1, 0.15) is 5.70 Å². The molecule has 0 radical (unpaired) electrons. The SMILES string of the molecule is O=C(O)/C=C/C1=C(C(=O)O)N2C(=O)C[C@H]2S1.[NaH]. The van der Waals surface area contributed by atoms with Crippen LogP contribution in [0.4, 0.5) is 0 Å². The number of thioether (sulfide) groups is 1. The number of fused-ring (bicyclic) bond motifs is 1. The molecule has 1 fully saturated rings. The van der Waals surface area contributed by atoms with Crippen LogP contribution in [-0.2, 0) is 14.4 Å². The van der Waals surface area contributed by atoms with Gasteiger partial charge in [0.2, 0.25) is 5.91 Å². The number of nitrogens with zero attached hydrogens (tertiary/aromatic N) is 1. The number of β-lactam (4-membered cyclic amide) rings is 1. The van der Waals surface area contributed by atoms with E-state index in [9.17, 15) is 14.4 Å². The fourth-order valence-corrected chi connectivity index (χ4v) is 2.84. The van der Waals surface area contributed by atoms with Crippen LogP contribution >= 0.6 is 11.8 Å². The van der Waals surface area contributed by atoms with Crippen molar-refractivity contribution in [3.8, 4) is 0 Å². The predicted octanol–water partition coefficient (Wildman–Crippen LogP) is -0.420. The molecule has 2 rings (SSSR count). The number of carboxylic acids is 2. The Morgan fingerprint density at radius 3 is 2.53 bits per heavy atom. The third kappa shape index (κ3) is 2.57. The number of hydrogen-bond donors (Lipinski definition) is 2. The Morgan fingerprint density at radius 2 is 2.06 bits per heavy atom. The number of amides is 1. The van der Waals surface area contributed by atoms with Gasteiger partial charge >= 0.3 is 41.5 Å². The standard InChI is InChI=1S/C9H7NO5S.Na.H/c11-5-3-6-10(5)8(9(14)15)4(16-6)1-2-7(12)13;;/h1-2,6H,3H2,(H,12,13)(H,14,15);;/b2-1+;;/t6-;;/m1../s1. The molecular weight excluding hydrogens is 257 g/mol. The van der Waals surface area contributed by atoms with Gasteiger partial charge in [0, 0.05) is 11.0 Å². The summed E-state index contributed by atoms with van der Waals surface area (Å²) in [7, 11) is 0. The molecule has 0 saturated carbocycles. The van der Waals surface area contributed by atoms with Crippen molar-refractivity contribution in [2.24, 2.45) is 0 Å². The normalized spacial score (nSPS) is 22.2. The topological polar surface area (TPSA) is 94.9 Å². The fraction of sp³-hybridized carbons (Fsp3) is 0.222. The zero-order valence-electron chi connectivity index (χ0n) is 7.91. The molecule has 0 aliphatic carbocycles. The third-order valence-corrected chi connectivity index (χ3v) is 3.46. The van der Waals surface area contributed by atoms with Crippen LogP contribution in [-0.4, -0.2) is 67.9 Å². The van der Waals surface area contributed by atoms with E-state index in [-0.39, 0.29) is 46.5 Å². The maximum absolute atomic E-state index is 11.2. The Hall–Kier alpha value is -0.760. The Bertz CT molecular complexity index is 458. The van der Waals surface area contributed by atoms with E-state index in [0.29, 0.717) is 11.3 Å². The molecule has 0 spiro atoms. The Kier molecular flexibility index (Phi) is 4.42. The van der Waals surface area contributed by atoms with Crippen molar-refractivity contribution in [3.05, 3.63) is 22.8 Å². The Morgan fingerprint density at radius 1 is 1.41 bits per heavy atom. The monoisotopic (exact) mass is 265 g/mol. The van der Waals surface area contributed by atoms with Crippen LogP contribution in [0.15, 0.2) is 22.8 Å². The maximum atomic E-state index is 11.2. The quantitative estimate of drug-likeness (QED) is 0.409. The summed E-state index contributed by atoms with van der Waals surface area (Å²) in [6.07, 6.45) is 2.37. The molecule has 0 unspecified atom stereocenters. The van der Waals surface area contributed by atoms with Gasteiger partial charge < -0.3 is 10.2 Å². The van der Waals surface area contributed by atoms with Crippen LogP contribution < -0.4 is 0 Å². The number of hydrogen-bond acceptors (Lipinski definition) is 4. The average molecular weight is 265 g/mol. The summed E-state index contributed by atoms with van der Waals surface area (Å²) in [5, 5.41) is 17.2. The molecule has 0 bridgehead atoms. The first kappa shape index (κ1) is 14.3. The molecule has 2 aliphatic rings. The summed E-state index contributed by atoms with van der Waals surface area (Å²) in [5.41, 5.74) is -0.122. The van der Waals surface area contributed by atoms with Gasteiger partial charge in [-0.2, -0.15) is 0 Å². The van der Waals surface area contributed by atoms with Crippen LogP contribution in [0, 0.1) is 0 Å². The summed E-state index contributed by atoms with van der Waals surface area (Å²) >= 11 is 1.20. The molecule has 1 amide bonds. The minimum atomic E-state index is -1.21.